The summed E-state index contributed by atoms with van der Waals surface area (Å²) in [4.78, 5) is 6.91. The van der Waals surface area contributed by atoms with Gasteiger partial charge in [0, 0.05) is 51.0 Å². The Balaban J connectivity index is 1.52. The van der Waals surface area contributed by atoms with Gasteiger partial charge in [0.2, 0.25) is 10.0 Å². The molecule has 2 unspecified atom stereocenters. The summed E-state index contributed by atoms with van der Waals surface area (Å²) in [5, 5.41) is 0. The minimum Gasteiger partial charge on any atom is -0.337 e. The summed E-state index contributed by atoms with van der Waals surface area (Å²) in [5.74, 6) is 1.45. The smallest absolute Gasteiger partial charge is 0.211 e. The second-order valence-corrected chi connectivity index (χ2v) is 10.2. The van der Waals surface area contributed by atoms with Gasteiger partial charge < -0.3 is 4.57 Å². The van der Waals surface area contributed by atoms with E-state index in [4.69, 9.17) is 0 Å². The number of hydrogen-bond donors (Lipinski definition) is 0. The molecule has 146 valence electrons. The Bertz CT molecular complexity index is 896. The second-order valence-electron chi connectivity index (χ2n) is 8.22. The van der Waals surface area contributed by atoms with E-state index in [0.717, 1.165) is 38.3 Å². The van der Waals surface area contributed by atoms with Crippen molar-refractivity contribution in [2.75, 3.05) is 32.4 Å². The lowest BCUT2D eigenvalue weighted by molar-refractivity contribution is 0.221. The quantitative estimate of drug-likeness (QED) is 0.756. The molecule has 0 aliphatic carbocycles. The van der Waals surface area contributed by atoms with Crippen LogP contribution in [0.15, 0.2) is 42.7 Å². The van der Waals surface area contributed by atoms with Gasteiger partial charge in [-0.25, -0.2) is 17.7 Å². The third-order valence-electron chi connectivity index (χ3n) is 6.31. The highest BCUT2D eigenvalue weighted by Crippen LogP contribution is 2.46. The maximum Gasteiger partial charge on any atom is 0.211 e. The summed E-state index contributed by atoms with van der Waals surface area (Å²) in [6.45, 7) is 3.98. The van der Waals surface area contributed by atoms with E-state index in [1.165, 1.54) is 11.8 Å². The fourth-order valence-electron chi connectivity index (χ4n) is 4.76. The van der Waals surface area contributed by atoms with Gasteiger partial charge >= 0.3 is 0 Å². The Labute approximate surface area is 161 Å². The van der Waals surface area contributed by atoms with E-state index >= 15 is 0 Å². The lowest BCUT2D eigenvalue weighted by atomic mass is 9.76. The summed E-state index contributed by atoms with van der Waals surface area (Å²) in [6, 6.07) is 10.5. The molecule has 3 heterocycles. The minimum absolute atomic E-state index is 0.0318. The molecule has 7 heteroatoms. The summed E-state index contributed by atoms with van der Waals surface area (Å²) < 4.78 is 28.1. The molecule has 2 aliphatic rings. The molecule has 0 N–H and O–H groups in total. The number of imidazole rings is 1. The minimum atomic E-state index is -3.14. The molecule has 2 saturated heterocycles. The standard InChI is InChI=1S/C20H28N4O2S/c1-22-11-10-21-19(22)14-23-12-18-13-24(27(2,25)26)16-20(18,15-23)9-8-17-6-4-3-5-7-17/h3-7,10-11,18H,8-9,12-16H2,1-2H3. The molecule has 2 atom stereocenters. The van der Waals surface area contributed by atoms with Gasteiger partial charge in [-0.05, 0) is 24.3 Å². The zero-order chi connectivity index (χ0) is 19.1. The third kappa shape index (κ3) is 3.81. The van der Waals surface area contributed by atoms with Crippen LogP contribution in [0.5, 0.6) is 0 Å². The van der Waals surface area contributed by atoms with Gasteiger partial charge in [0.1, 0.15) is 5.82 Å². The lowest BCUT2D eigenvalue weighted by Gasteiger charge is -2.29. The van der Waals surface area contributed by atoms with Crippen LogP contribution in [0.4, 0.5) is 0 Å². The molecule has 0 saturated carbocycles. The van der Waals surface area contributed by atoms with E-state index < -0.39 is 10.0 Å². The van der Waals surface area contributed by atoms with Gasteiger partial charge in [-0.3, -0.25) is 4.90 Å². The number of hydrogen-bond acceptors (Lipinski definition) is 4. The molecule has 2 aromatic rings. The van der Waals surface area contributed by atoms with E-state index in [9.17, 15) is 8.42 Å². The molecule has 4 rings (SSSR count). The van der Waals surface area contributed by atoms with Crippen LogP contribution < -0.4 is 0 Å². The predicted molar refractivity (Wildman–Crippen MR) is 106 cm³/mol. The molecule has 0 amide bonds. The summed E-state index contributed by atoms with van der Waals surface area (Å²) >= 11 is 0. The summed E-state index contributed by atoms with van der Waals surface area (Å²) in [7, 11) is -1.12. The van der Waals surface area contributed by atoms with Crippen molar-refractivity contribution in [3.05, 3.63) is 54.1 Å². The van der Waals surface area contributed by atoms with Crippen molar-refractivity contribution in [3.63, 3.8) is 0 Å². The van der Waals surface area contributed by atoms with Crippen molar-refractivity contribution in [2.24, 2.45) is 18.4 Å². The number of rotatable bonds is 6. The van der Waals surface area contributed by atoms with Gasteiger partial charge in [-0.15, -0.1) is 0 Å². The average molecular weight is 389 g/mol. The van der Waals surface area contributed by atoms with Crippen molar-refractivity contribution >= 4 is 10.0 Å². The van der Waals surface area contributed by atoms with Crippen LogP contribution >= 0.6 is 0 Å². The number of fused-ring (bicyclic) bond motifs is 1. The third-order valence-corrected chi connectivity index (χ3v) is 7.52. The zero-order valence-corrected chi connectivity index (χ0v) is 16.9. The first-order valence-electron chi connectivity index (χ1n) is 9.53. The topological polar surface area (TPSA) is 58.4 Å². The molecule has 2 aliphatic heterocycles. The van der Waals surface area contributed by atoms with E-state index in [1.807, 2.05) is 25.5 Å². The molecule has 0 bridgehead atoms. The largest absolute Gasteiger partial charge is 0.337 e. The Kier molecular flexibility index (Phi) is 4.86. The van der Waals surface area contributed by atoms with Crippen LogP contribution in [0.25, 0.3) is 0 Å². The van der Waals surface area contributed by atoms with Gasteiger partial charge in [-0.1, -0.05) is 30.3 Å². The fraction of sp³-hybridized carbons (Fsp3) is 0.550. The van der Waals surface area contributed by atoms with Crippen molar-refractivity contribution in [3.8, 4) is 0 Å². The number of benzene rings is 1. The van der Waals surface area contributed by atoms with Crippen molar-refractivity contribution in [1.29, 1.82) is 0 Å². The monoisotopic (exact) mass is 388 g/mol. The van der Waals surface area contributed by atoms with Gasteiger partial charge in [0.05, 0.1) is 12.8 Å². The van der Waals surface area contributed by atoms with Crippen LogP contribution in [0.1, 0.15) is 17.8 Å². The maximum atomic E-state index is 12.2. The Hall–Kier alpha value is -1.70. The SMILES string of the molecule is Cn1ccnc1CN1CC2CN(S(C)(=O)=O)CC2(CCc2ccccc2)C1. The average Bonchev–Trinajstić information content (AvgIpc) is 3.27. The number of likely N-dealkylation sites (tertiary alicyclic amines) is 1. The first kappa shape index (κ1) is 18.7. The van der Waals surface area contributed by atoms with E-state index in [1.54, 1.807) is 4.31 Å². The fourth-order valence-corrected chi connectivity index (χ4v) is 5.70. The van der Waals surface area contributed by atoms with Gasteiger partial charge in [0.15, 0.2) is 0 Å². The number of nitrogens with zero attached hydrogens (tertiary/aromatic N) is 4. The van der Waals surface area contributed by atoms with Crippen LogP contribution in [-0.4, -0.2) is 59.6 Å². The lowest BCUT2D eigenvalue weighted by Crippen LogP contribution is -2.36. The highest BCUT2D eigenvalue weighted by atomic mass is 32.2. The van der Waals surface area contributed by atoms with E-state index in [0.29, 0.717) is 19.0 Å². The van der Waals surface area contributed by atoms with Crippen molar-refractivity contribution in [2.45, 2.75) is 19.4 Å². The normalized spacial score (nSPS) is 26.5. The predicted octanol–water partition coefficient (Wildman–Crippen LogP) is 1.75. The van der Waals surface area contributed by atoms with Gasteiger partial charge in [0.25, 0.3) is 0 Å². The Morgan fingerprint density at radius 1 is 1.19 bits per heavy atom. The van der Waals surface area contributed by atoms with E-state index in [-0.39, 0.29) is 5.41 Å². The molecule has 0 spiro atoms. The maximum absolute atomic E-state index is 12.2. The number of aryl methyl sites for hydroxylation is 2. The van der Waals surface area contributed by atoms with Gasteiger partial charge in [-0.2, -0.15) is 0 Å². The molecule has 2 fully saturated rings. The molecular formula is C20H28N4O2S. The van der Waals surface area contributed by atoms with Crippen molar-refractivity contribution < 1.29 is 8.42 Å². The molecule has 0 radical (unpaired) electrons. The molecule has 1 aromatic carbocycles. The first-order valence-corrected chi connectivity index (χ1v) is 11.4. The first-order chi connectivity index (χ1) is 12.9. The van der Waals surface area contributed by atoms with Crippen LogP contribution in [0.3, 0.4) is 0 Å². The Morgan fingerprint density at radius 2 is 1.96 bits per heavy atom. The Morgan fingerprint density at radius 3 is 2.63 bits per heavy atom. The number of sulfonamides is 1. The summed E-state index contributed by atoms with van der Waals surface area (Å²) in [6.07, 6.45) is 7.16. The highest BCUT2D eigenvalue weighted by Gasteiger charge is 2.53. The van der Waals surface area contributed by atoms with Crippen LogP contribution in [0.2, 0.25) is 0 Å². The van der Waals surface area contributed by atoms with Crippen LogP contribution in [0, 0.1) is 11.3 Å². The number of aromatic nitrogens is 2. The molecule has 27 heavy (non-hydrogen) atoms. The van der Waals surface area contributed by atoms with Crippen LogP contribution in [-0.2, 0) is 30.0 Å². The highest BCUT2D eigenvalue weighted by molar-refractivity contribution is 7.88. The second kappa shape index (κ2) is 7.04. The van der Waals surface area contributed by atoms with Crippen molar-refractivity contribution in [1.82, 2.24) is 18.8 Å². The zero-order valence-electron chi connectivity index (χ0n) is 16.1. The van der Waals surface area contributed by atoms with E-state index in [2.05, 4.69) is 38.7 Å². The molecule has 6 nitrogen and oxygen atoms in total. The molecule has 1 aromatic heterocycles. The molecular weight excluding hydrogens is 360 g/mol. The summed E-state index contributed by atoms with van der Waals surface area (Å²) in [5.41, 5.74) is 1.36.